The number of nitrogens with one attached hydrogen (secondary N) is 1. The highest BCUT2D eigenvalue weighted by Crippen LogP contribution is 2.22. The standard InChI is InChI=1S/C19H18BrNO5/c1-3-25-18(23)14-6-4-13(5-7-14)11-26-19(24)16-10-15(20)8-9-17(16)21-12(2)22/h4-10H,3,11H2,1-2H3,(H,21,22). The predicted octanol–water partition coefficient (Wildman–Crippen LogP) is 3.94. The molecule has 136 valence electrons. The zero-order chi connectivity index (χ0) is 19.1. The fraction of sp³-hybridized carbons (Fsp3) is 0.211. The number of hydrogen-bond acceptors (Lipinski definition) is 5. The lowest BCUT2D eigenvalue weighted by Crippen LogP contribution is -2.13. The fourth-order valence-electron chi connectivity index (χ4n) is 2.16. The number of halogens is 1. The van der Waals surface area contributed by atoms with Gasteiger partial charge in [0.05, 0.1) is 23.4 Å². The molecular weight excluding hydrogens is 402 g/mol. The molecule has 0 spiro atoms. The highest BCUT2D eigenvalue weighted by molar-refractivity contribution is 9.10. The molecule has 0 aromatic heterocycles. The maximum Gasteiger partial charge on any atom is 0.340 e. The Morgan fingerprint density at radius 1 is 1.00 bits per heavy atom. The van der Waals surface area contributed by atoms with E-state index in [1.807, 2.05) is 0 Å². The van der Waals surface area contributed by atoms with E-state index in [0.29, 0.717) is 22.3 Å². The Morgan fingerprint density at radius 3 is 2.31 bits per heavy atom. The summed E-state index contributed by atoms with van der Waals surface area (Å²) in [5, 5.41) is 2.60. The monoisotopic (exact) mass is 419 g/mol. The number of carbonyl (C=O) groups is 3. The number of hydrogen-bond donors (Lipinski definition) is 1. The zero-order valence-electron chi connectivity index (χ0n) is 14.4. The fourth-order valence-corrected chi connectivity index (χ4v) is 2.52. The Bertz CT molecular complexity index is 817. The normalized spacial score (nSPS) is 10.1. The van der Waals surface area contributed by atoms with Crippen LogP contribution < -0.4 is 5.32 Å². The Morgan fingerprint density at radius 2 is 1.69 bits per heavy atom. The van der Waals surface area contributed by atoms with E-state index in [2.05, 4.69) is 21.2 Å². The average Bonchev–Trinajstić information content (AvgIpc) is 2.61. The first-order valence-electron chi connectivity index (χ1n) is 7.91. The number of esters is 2. The molecule has 0 saturated carbocycles. The van der Waals surface area contributed by atoms with Gasteiger partial charge in [-0.15, -0.1) is 0 Å². The van der Waals surface area contributed by atoms with Crippen LogP contribution in [0.25, 0.3) is 0 Å². The summed E-state index contributed by atoms with van der Waals surface area (Å²) in [5.41, 5.74) is 1.78. The van der Waals surface area contributed by atoms with Crippen LogP contribution in [0.15, 0.2) is 46.9 Å². The Balaban J connectivity index is 2.06. The quantitative estimate of drug-likeness (QED) is 0.716. The molecule has 0 aliphatic rings. The Labute approximate surface area is 159 Å². The zero-order valence-corrected chi connectivity index (χ0v) is 16.0. The van der Waals surface area contributed by atoms with Crippen LogP contribution in [0.5, 0.6) is 0 Å². The van der Waals surface area contributed by atoms with Gasteiger partial charge < -0.3 is 14.8 Å². The number of anilines is 1. The van der Waals surface area contributed by atoms with Crippen LogP contribution in [-0.4, -0.2) is 24.5 Å². The number of amides is 1. The molecule has 0 atom stereocenters. The summed E-state index contributed by atoms with van der Waals surface area (Å²) in [7, 11) is 0. The van der Waals surface area contributed by atoms with Crippen LogP contribution in [0, 0.1) is 0 Å². The number of rotatable bonds is 6. The van der Waals surface area contributed by atoms with Gasteiger partial charge in [0.15, 0.2) is 0 Å². The molecule has 0 unspecified atom stereocenters. The number of carbonyl (C=O) groups excluding carboxylic acids is 3. The Hall–Kier alpha value is -2.67. The van der Waals surface area contributed by atoms with Gasteiger partial charge in [-0.05, 0) is 42.8 Å². The molecule has 6 nitrogen and oxygen atoms in total. The Kier molecular flexibility index (Phi) is 6.91. The highest BCUT2D eigenvalue weighted by atomic mass is 79.9. The highest BCUT2D eigenvalue weighted by Gasteiger charge is 2.15. The summed E-state index contributed by atoms with van der Waals surface area (Å²) >= 11 is 3.30. The number of benzene rings is 2. The van der Waals surface area contributed by atoms with Crippen molar-refractivity contribution in [1.82, 2.24) is 0 Å². The average molecular weight is 420 g/mol. The maximum absolute atomic E-state index is 12.4. The van der Waals surface area contributed by atoms with Crippen molar-refractivity contribution in [3.05, 3.63) is 63.6 Å². The van der Waals surface area contributed by atoms with E-state index in [9.17, 15) is 14.4 Å². The molecule has 0 bridgehead atoms. The van der Waals surface area contributed by atoms with E-state index in [1.165, 1.54) is 6.92 Å². The van der Waals surface area contributed by atoms with Gasteiger partial charge in [0, 0.05) is 11.4 Å². The van der Waals surface area contributed by atoms with Gasteiger partial charge in [0.2, 0.25) is 5.91 Å². The van der Waals surface area contributed by atoms with Crippen LogP contribution >= 0.6 is 15.9 Å². The summed E-state index contributed by atoms with van der Waals surface area (Å²) in [6.45, 7) is 3.45. The van der Waals surface area contributed by atoms with E-state index in [0.717, 1.165) is 5.56 Å². The van der Waals surface area contributed by atoms with Gasteiger partial charge in [0.25, 0.3) is 0 Å². The summed E-state index contributed by atoms with van der Waals surface area (Å²) in [6.07, 6.45) is 0. The van der Waals surface area contributed by atoms with E-state index < -0.39 is 11.9 Å². The molecule has 2 rings (SSSR count). The smallest absolute Gasteiger partial charge is 0.340 e. The molecule has 0 aliphatic carbocycles. The van der Waals surface area contributed by atoms with Crippen molar-refractivity contribution >= 4 is 39.5 Å². The summed E-state index contributed by atoms with van der Waals surface area (Å²) < 4.78 is 10.9. The third-order valence-corrected chi connectivity index (χ3v) is 3.84. The van der Waals surface area contributed by atoms with Crippen molar-refractivity contribution in [3.63, 3.8) is 0 Å². The van der Waals surface area contributed by atoms with Crippen LogP contribution in [0.4, 0.5) is 5.69 Å². The molecule has 0 aliphatic heterocycles. The van der Waals surface area contributed by atoms with Crippen molar-refractivity contribution in [3.8, 4) is 0 Å². The molecule has 0 saturated heterocycles. The van der Waals surface area contributed by atoms with Crippen LogP contribution in [-0.2, 0) is 20.9 Å². The molecule has 2 aromatic carbocycles. The van der Waals surface area contributed by atoms with Crippen molar-refractivity contribution < 1.29 is 23.9 Å². The third-order valence-electron chi connectivity index (χ3n) is 3.35. The van der Waals surface area contributed by atoms with Gasteiger partial charge in [-0.1, -0.05) is 28.1 Å². The van der Waals surface area contributed by atoms with E-state index in [1.54, 1.807) is 49.4 Å². The van der Waals surface area contributed by atoms with Gasteiger partial charge in [0.1, 0.15) is 6.61 Å². The van der Waals surface area contributed by atoms with Gasteiger partial charge in [-0.3, -0.25) is 4.79 Å². The van der Waals surface area contributed by atoms with Crippen LogP contribution in [0.2, 0.25) is 0 Å². The third kappa shape index (κ3) is 5.42. The van der Waals surface area contributed by atoms with Crippen molar-refractivity contribution in [1.29, 1.82) is 0 Å². The van der Waals surface area contributed by atoms with E-state index in [-0.39, 0.29) is 18.1 Å². The van der Waals surface area contributed by atoms with Gasteiger partial charge >= 0.3 is 11.9 Å². The number of ether oxygens (including phenoxy) is 2. The minimum absolute atomic E-state index is 0.0357. The first kappa shape index (κ1) is 19.7. The van der Waals surface area contributed by atoms with E-state index in [4.69, 9.17) is 9.47 Å². The SMILES string of the molecule is CCOC(=O)c1ccc(COC(=O)c2cc(Br)ccc2NC(C)=O)cc1. The van der Waals surface area contributed by atoms with Gasteiger partial charge in [-0.25, -0.2) is 9.59 Å². The lowest BCUT2D eigenvalue weighted by Gasteiger charge is -2.11. The predicted molar refractivity (Wildman–Crippen MR) is 100.0 cm³/mol. The second kappa shape index (κ2) is 9.15. The van der Waals surface area contributed by atoms with Gasteiger partial charge in [-0.2, -0.15) is 0 Å². The second-order valence-corrected chi connectivity index (χ2v) is 6.28. The molecule has 0 heterocycles. The lowest BCUT2D eigenvalue weighted by molar-refractivity contribution is -0.114. The van der Waals surface area contributed by atoms with Crippen LogP contribution in [0.1, 0.15) is 40.1 Å². The first-order chi connectivity index (χ1) is 12.4. The molecular formula is C19H18BrNO5. The molecule has 0 fully saturated rings. The topological polar surface area (TPSA) is 81.7 Å². The summed E-state index contributed by atoms with van der Waals surface area (Å²) in [5.74, 6) is -1.24. The lowest BCUT2D eigenvalue weighted by atomic mass is 10.1. The minimum Gasteiger partial charge on any atom is -0.462 e. The van der Waals surface area contributed by atoms with E-state index >= 15 is 0 Å². The largest absolute Gasteiger partial charge is 0.462 e. The molecule has 26 heavy (non-hydrogen) atoms. The second-order valence-electron chi connectivity index (χ2n) is 5.36. The summed E-state index contributed by atoms with van der Waals surface area (Å²) in [6, 6.07) is 11.5. The maximum atomic E-state index is 12.4. The van der Waals surface area contributed by atoms with Crippen molar-refractivity contribution in [2.45, 2.75) is 20.5 Å². The van der Waals surface area contributed by atoms with Crippen molar-refractivity contribution in [2.75, 3.05) is 11.9 Å². The van der Waals surface area contributed by atoms with Crippen LogP contribution in [0.3, 0.4) is 0 Å². The minimum atomic E-state index is -0.565. The first-order valence-corrected chi connectivity index (χ1v) is 8.70. The molecule has 0 radical (unpaired) electrons. The molecule has 1 amide bonds. The molecule has 1 N–H and O–H groups in total. The molecule has 7 heteroatoms. The van der Waals surface area contributed by atoms with Crippen molar-refractivity contribution in [2.24, 2.45) is 0 Å². The molecule has 2 aromatic rings. The summed E-state index contributed by atoms with van der Waals surface area (Å²) in [4.78, 5) is 35.3.